The molecule has 1 aliphatic rings. The summed E-state index contributed by atoms with van der Waals surface area (Å²) in [6.07, 6.45) is 4.39. The van der Waals surface area contributed by atoms with Gasteiger partial charge in [0.1, 0.15) is 0 Å². The van der Waals surface area contributed by atoms with Crippen LogP contribution in [-0.2, 0) is 12.8 Å². The van der Waals surface area contributed by atoms with Gasteiger partial charge in [-0.3, -0.25) is 10.1 Å². The van der Waals surface area contributed by atoms with Crippen molar-refractivity contribution >= 4 is 11.8 Å². The van der Waals surface area contributed by atoms with Gasteiger partial charge in [0.05, 0.1) is 12.0 Å². The van der Waals surface area contributed by atoms with Crippen LogP contribution in [0.3, 0.4) is 0 Å². The van der Waals surface area contributed by atoms with E-state index in [9.17, 15) is 4.79 Å². The van der Waals surface area contributed by atoms with E-state index in [4.69, 9.17) is 8.94 Å². The van der Waals surface area contributed by atoms with E-state index in [-0.39, 0.29) is 11.7 Å². The monoisotopic (exact) mass is 246 g/mol. The first-order valence-corrected chi connectivity index (χ1v) is 6.06. The van der Waals surface area contributed by atoms with Crippen molar-refractivity contribution in [2.75, 3.05) is 5.32 Å². The summed E-state index contributed by atoms with van der Waals surface area (Å²) in [5.41, 5.74) is 1.98. The molecule has 3 rings (SSSR count). The summed E-state index contributed by atoms with van der Waals surface area (Å²) in [5, 5.41) is 6.72. The minimum Gasteiger partial charge on any atom is -0.459 e. The van der Waals surface area contributed by atoms with Crippen molar-refractivity contribution < 1.29 is 13.7 Å². The summed E-state index contributed by atoms with van der Waals surface area (Å²) in [5.74, 6) is 1.01. The normalized spacial score (nSPS) is 18.4. The average molecular weight is 246 g/mol. The number of rotatable bonds is 2. The molecule has 18 heavy (non-hydrogen) atoms. The van der Waals surface area contributed by atoms with Crippen LogP contribution in [-0.4, -0.2) is 11.1 Å². The number of nitrogens with one attached hydrogen (secondary N) is 1. The number of aromatic nitrogens is 1. The first-order valence-electron chi connectivity index (χ1n) is 6.06. The number of fused-ring (bicyclic) bond motifs is 1. The molecule has 0 radical (unpaired) electrons. The molecule has 0 spiro atoms. The van der Waals surface area contributed by atoms with Crippen molar-refractivity contribution in [3.63, 3.8) is 0 Å². The molecule has 0 saturated carbocycles. The summed E-state index contributed by atoms with van der Waals surface area (Å²) < 4.78 is 10.2. The SMILES string of the molecule is C[C@H]1CCc2noc(NC(=O)c3ccco3)c2C1. The number of carbonyl (C=O) groups is 1. The Morgan fingerprint density at radius 1 is 1.56 bits per heavy atom. The van der Waals surface area contributed by atoms with Gasteiger partial charge in [-0.1, -0.05) is 12.1 Å². The Hall–Kier alpha value is -2.04. The number of anilines is 1. The van der Waals surface area contributed by atoms with Gasteiger partial charge in [-0.2, -0.15) is 0 Å². The Bertz CT molecular complexity index is 557. The molecule has 5 nitrogen and oxygen atoms in total. The lowest BCUT2D eigenvalue weighted by Gasteiger charge is -2.16. The quantitative estimate of drug-likeness (QED) is 0.884. The van der Waals surface area contributed by atoms with Gasteiger partial charge in [0, 0.05) is 5.56 Å². The van der Waals surface area contributed by atoms with E-state index in [1.165, 1.54) is 6.26 Å². The summed E-state index contributed by atoms with van der Waals surface area (Å²) in [6, 6.07) is 3.29. The second kappa shape index (κ2) is 4.33. The number of hydrogen-bond acceptors (Lipinski definition) is 4. The molecule has 1 N–H and O–H groups in total. The average Bonchev–Trinajstić information content (AvgIpc) is 2.99. The Balaban J connectivity index is 1.82. The topological polar surface area (TPSA) is 68.3 Å². The molecule has 0 bridgehead atoms. The zero-order chi connectivity index (χ0) is 12.5. The summed E-state index contributed by atoms with van der Waals surface area (Å²) in [6.45, 7) is 2.19. The van der Waals surface area contributed by atoms with E-state index in [1.807, 2.05) is 0 Å². The summed E-state index contributed by atoms with van der Waals surface area (Å²) in [4.78, 5) is 11.8. The Labute approximate surface area is 104 Å². The summed E-state index contributed by atoms with van der Waals surface area (Å²) in [7, 11) is 0. The van der Waals surface area contributed by atoms with Crippen LogP contribution in [0, 0.1) is 5.92 Å². The van der Waals surface area contributed by atoms with E-state index in [2.05, 4.69) is 17.4 Å². The van der Waals surface area contributed by atoms with E-state index in [0.717, 1.165) is 30.5 Å². The fraction of sp³-hybridized carbons (Fsp3) is 0.385. The van der Waals surface area contributed by atoms with E-state index in [1.54, 1.807) is 12.1 Å². The van der Waals surface area contributed by atoms with Crippen LogP contribution in [0.5, 0.6) is 0 Å². The van der Waals surface area contributed by atoms with Gasteiger partial charge in [-0.15, -0.1) is 0 Å². The molecule has 5 heteroatoms. The highest BCUT2D eigenvalue weighted by Crippen LogP contribution is 2.30. The van der Waals surface area contributed by atoms with Crippen LogP contribution in [0.2, 0.25) is 0 Å². The smallest absolute Gasteiger partial charge is 0.293 e. The van der Waals surface area contributed by atoms with Gasteiger partial charge in [0.15, 0.2) is 5.76 Å². The van der Waals surface area contributed by atoms with Gasteiger partial charge < -0.3 is 8.94 Å². The second-order valence-electron chi connectivity index (χ2n) is 4.72. The van der Waals surface area contributed by atoms with Crippen LogP contribution in [0.1, 0.15) is 35.2 Å². The maximum atomic E-state index is 11.8. The molecular weight excluding hydrogens is 232 g/mol. The number of aryl methyl sites for hydroxylation is 1. The molecule has 2 aromatic rings. The molecule has 0 aliphatic heterocycles. The number of hydrogen-bond donors (Lipinski definition) is 1. The van der Waals surface area contributed by atoms with Crippen molar-refractivity contribution in [1.82, 2.24) is 5.16 Å². The number of nitrogens with zero attached hydrogens (tertiary/aromatic N) is 1. The van der Waals surface area contributed by atoms with Crippen molar-refractivity contribution in [1.29, 1.82) is 0 Å². The zero-order valence-corrected chi connectivity index (χ0v) is 10.1. The number of amides is 1. The molecular formula is C13H14N2O3. The van der Waals surface area contributed by atoms with Crippen LogP contribution < -0.4 is 5.32 Å². The molecule has 2 aromatic heterocycles. The maximum absolute atomic E-state index is 11.8. The zero-order valence-electron chi connectivity index (χ0n) is 10.1. The molecule has 1 amide bonds. The molecule has 0 saturated heterocycles. The maximum Gasteiger partial charge on any atom is 0.293 e. The number of furan rings is 1. The van der Waals surface area contributed by atoms with Crippen LogP contribution in [0.4, 0.5) is 5.88 Å². The summed E-state index contributed by atoms with van der Waals surface area (Å²) >= 11 is 0. The van der Waals surface area contributed by atoms with E-state index >= 15 is 0 Å². The second-order valence-corrected chi connectivity index (χ2v) is 4.72. The minimum absolute atomic E-state index is 0.268. The number of carbonyl (C=O) groups excluding carboxylic acids is 1. The lowest BCUT2D eigenvalue weighted by molar-refractivity contribution is 0.0993. The van der Waals surface area contributed by atoms with Gasteiger partial charge in [-0.05, 0) is 37.3 Å². The first-order chi connectivity index (χ1) is 8.74. The third kappa shape index (κ3) is 1.92. The molecule has 94 valence electrons. The molecule has 0 aromatic carbocycles. The minimum atomic E-state index is -0.308. The molecule has 2 heterocycles. The Morgan fingerprint density at radius 2 is 2.44 bits per heavy atom. The highest BCUT2D eigenvalue weighted by Gasteiger charge is 2.24. The molecule has 1 atom stereocenters. The highest BCUT2D eigenvalue weighted by molar-refractivity contribution is 6.01. The van der Waals surface area contributed by atoms with Gasteiger partial charge in [-0.25, -0.2) is 0 Å². The van der Waals surface area contributed by atoms with Gasteiger partial charge in [0.25, 0.3) is 5.91 Å². The standard InChI is InChI=1S/C13H14N2O3/c1-8-4-5-10-9(7-8)13(18-15-10)14-12(16)11-3-2-6-17-11/h2-3,6,8H,4-5,7H2,1H3,(H,14,16)/t8-/m0/s1. The Morgan fingerprint density at radius 3 is 3.22 bits per heavy atom. The fourth-order valence-electron chi connectivity index (χ4n) is 2.25. The van der Waals surface area contributed by atoms with Crippen molar-refractivity contribution in [2.45, 2.75) is 26.2 Å². The van der Waals surface area contributed by atoms with E-state index in [0.29, 0.717) is 11.8 Å². The molecule has 0 fully saturated rings. The third-order valence-corrected chi connectivity index (χ3v) is 3.27. The van der Waals surface area contributed by atoms with Crippen LogP contribution in [0.15, 0.2) is 27.3 Å². The Kier molecular flexibility index (Phi) is 2.66. The third-order valence-electron chi connectivity index (χ3n) is 3.27. The largest absolute Gasteiger partial charge is 0.459 e. The predicted molar refractivity (Wildman–Crippen MR) is 64.4 cm³/mol. The lowest BCUT2D eigenvalue weighted by atomic mass is 9.89. The molecule has 1 aliphatic carbocycles. The van der Waals surface area contributed by atoms with Crippen molar-refractivity contribution in [2.24, 2.45) is 5.92 Å². The fourth-order valence-corrected chi connectivity index (χ4v) is 2.25. The van der Waals surface area contributed by atoms with Gasteiger partial charge in [0.2, 0.25) is 5.88 Å². The predicted octanol–water partition coefficient (Wildman–Crippen LogP) is 2.64. The first kappa shape index (κ1) is 11.1. The molecule has 0 unspecified atom stereocenters. The highest BCUT2D eigenvalue weighted by atomic mass is 16.5. The van der Waals surface area contributed by atoms with Gasteiger partial charge >= 0.3 is 0 Å². The van der Waals surface area contributed by atoms with Crippen LogP contribution in [0.25, 0.3) is 0 Å². The lowest BCUT2D eigenvalue weighted by Crippen LogP contribution is -2.15. The van der Waals surface area contributed by atoms with Crippen LogP contribution >= 0.6 is 0 Å². The van der Waals surface area contributed by atoms with Crippen molar-refractivity contribution in [3.05, 3.63) is 35.4 Å². The van der Waals surface area contributed by atoms with E-state index < -0.39 is 0 Å². The van der Waals surface area contributed by atoms with Crippen molar-refractivity contribution in [3.8, 4) is 0 Å².